The molecule has 0 radical (unpaired) electrons. The Morgan fingerprint density at radius 3 is 1.84 bits per heavy atom. The van der Waals surface area contributed by atoms with Gasteiger partial charge in [0.1, 0.15) is 0 Å². The van der Waals surface area contributed by atoms with Crippen molar-refractivity contribution in [1.29, 1.82) is 0 Å². The van der Waals surface area contributed by atoms with Crippen molar-refractivity contribution >= 4 is 5.91 Å². The second kappa shape index (κ2) is 5.85. The fourth-order valence-corrected chi connectivity index (χ4v) is 4.04. The Morgan fingerprint density at radius 1 is 1.11 bits per heavy atom. The first-order chi connectivity index (χ1) is 8.59. The van der Waals surface area contributed by atoms with Crippen LogP contribution in [0.1, 0.15) is 68.2 Å². The zero-order chi connectivity index (χ0) is 15.0. The van der Waals surface area contributed by atoms with Crippen LogP contribution in [0.15, 0.2) is 0 Å². The lowest BCUT2D eigenvalue weighted by Crippen LogP contribution is -2.52. The predicted octanol–water partition coefficient (Wildman–Crippen LogP) is 4.34. The highest BCUT2D eigenvalue weighted by molar-refractivity contribution is 5.74. The second-order valence-electron chi connectivity index (χ2n) is 7.65. The van der Waals surface area contributed by atoms with E-state index >= 15 is 0 Å². The van der Waals surface area contributed by atoms with Gasteiger partial charge in [0.25, 0.3) is 0 Å². The molecule has 0 aliphatic carbocycles. The summed E-state index contributed by atoms with van der Waals surface area (Å²) in [5, 5.41) is 0. The second-order valence-corrected chi connectivity index (χ2v) is 7.65. The Morgan fingerprint density at radius 2 is 1.53 bits per heavy atom. The molecule has 0 aromatic carbocycles. The van der Waals surface area contributed by atoms with Crippen LogP contribution in [0.2, 0.25) is 0 Å². The predicted molar refractivity (Wildman–Crippen MR) is 82.0 cm³/mol. The number of carbonyl (C=O) groups is 1. The highest BCUT2D eigenvalue weighted by atomic mass is 16.2. The summed E-state index contributed by atoms with van der Waals surface area (Å²) in [5.74, 6) is 2.37. The molecule has 1 fully saturated rings. The molecule has 1 aliphatic heterocycles. The molecule has 2 nitrogen and oxygen atoms in total. The molecule has 1 amide bonds. The minimum absolute atomic E-state index is 0.230. The smallest absolute Gasteiger partial charge is 0.219 e. The van der Waals surface area contributed by atoms with Gasteiger partial charge in [0, 0.05) is 19.0 Å². The molecule has 0 saturated carbocycles. The number of rotatable bonds is 3. The summed E-state index contributed by atoms with van der Waals surface area (Å²) >= 11 is 0. The van der Waals surface area contributed by atoms with Gasteiger partial charge < -0.3 is 4.90 Å². The molecule has 1 aliphatic rings. The molecule has 3 atom stereocenters. The minimum atomic E-state index is 0.230. The van der Waals surface area contributed by atoms with Gasteiger partial charge in [-0.1, -0.05) is 34.6 Å². The van der Waals surface area contributed by atoms with E-state index in [0.717, 1.165) is 12.8 Å². The van der Waals surface area contributed by atoms with Crippen molar-refractivity contribution in [3.63, 3.8) is 0 Å². The van der Waals surface area contributed by atoms with Gasteiger partial charge in [0.05, 0.1) is 0 Å². The third-order valence-corrected chi connectivity index (χ3v) is 5.79. The molecule has 0 spiro atoms. The first-order valence-corrected chi connectivity index (χ1v) is 7.87. The molecular formula is C17H33NO. The van der Waals surface area contributed by atoms with Gasteiger partial charge in [0.15, 0.2) is 0 Å². The number of piperidine rings is 1. The maximum absolute atomic E-state index is 11.7. The fraction of sp³-hybridized carbons (Fsp3) is 0.941. The van der Waals surface area contributed by atoms with E-state index in [4.69, 9.17) is 0 Å². The van der Waals surface area contributed by atoms with E-state index in [1.165, 1.54) is 0 Å². The van der Waals surface area contributed by atoms with E-state index in [0.29, 0.717) is 35.3 Å². The van der Waals surface area contributed by atoms with Crippen molar-refractivity contribution < 1.29 is 4.79 Å². The molecule has 2 heteroatoms. The number of hydrogen-bond donors (Lipinski definition) is 0. The Bertz CT molecular complexity index is 309. The molecule has 0 aromatic rings. The van der Waals surface area contributed by atoms with Gasteiger partial charge >= 0.3 is 0 Å². The van der Waals surface area contributed by atoms with Crippen molar-refractivity contribution in [2.24, 2.45) is 23.2 Å². The Labute approximate surface area is 119 Å². The van der Waals surface area contributed by atoms with Crippen molar-refractivity contribution in [2.75, 3.05) is 0 Å². The van der Waals surface area contributed by atoms with E-state index in [2.05, 4.69) is 53.4 Å². The highest BCUT2D eigenvalue weighted by Gasteiger charge is 2.42. The molecule has 0 aromatic heterocycles. The summed E-state index contributed by atoms with van der Waals surface area (Å²) in [6.07, 6.45) is 2.29. The Balaban J connectivity index is 2.86. The van der Waals surface area contributed by atoms with E-state index in [1.807, 2.05) is 0 Å². The summed E-state index contributed by atoms with van der Waals surface area (Å²) in [4.78, 5) is 13.8. The first kappa shape index (κ1) is 16.5. The largest absolute Gasteiger partial charge is 0.338 e. The van der Waals surface area contributed by atoms with Gasteiger partial charge in [-0.25, -0.2) is 0 Å². The van der Waals surface area contributed by atoms with Gasteiger partial charge in [-0.15, -0.1) is 0 Å². The molecule has 1 rings (SSSR count). The molecule has 112 valence electrons. The molecule has 0 N–H and O–H groups in total. The lowest BCUT2D eigenvalue weighted by molar-refractivity contribution is -0.137. The summed E-state index contributed by atoms with van der Waals surface area (Å²) in [5.41, 5.74) is 0.347. The lowest BCUT2D eigenvalue weighted by Gasteiger charge is -2.50. The molecule has 19 heavy (non-hydrogen) atoms. The Hall–Kier alpha value is -0.530. The number of likely N-dealkylation sites (tertiary alicyclic amines) is 1. The zero-order valence-electron chi connectivity index (χ0n) is 14.2. The maximum Gasteiger partial charge on any atom is 0.219 e. The number of amides is 1. The van der Waals surface area contributed by atoms with Gasteiger partial charge in [-0.3, -0.25) is 4.79 Å². The van der Waals surface area contributed by atoms with Crippen LogP contribution in [-0.2, 0) is 4.79 Å². The SMILES string of the molecule is CC(=O)N1C(C)CC(C(C)(C)C(C)C(C)C)CC1C. The third kappa shape index (κ3) is 3.32. The number of carbonyl (C=O) groups excluding carboxylic acids is 1. The van der Waals surface area contributed by atoms with Crippen LogP contribution in [0.25, 0.3) is 0 Å². The van der Waals surface area contributed by atoms with E-state index in [-0.39, 0.29) is 5.91 Å². The van der Waals surface area contributed by atoms with Crippen molar-refractivity contribution in [3.05, 3.63) is 0 Å². The summed E-state index contributed by atoms with van der Waals surface area (Å²) < 4.78 is 0. The van der Waals surface area contributed by atoms with Crippen LogP contribution >= 0.6 is 0 Å². The molecule has 0 bridgehead atoms. The normalized spacial score (nSPS) is 30.6. The van der Waals surface area contributed by atoms with Crippen LogP contribution in [-0.4, -0.2) is 22.9 Å². The van der Waals surface area contributed by atoms with Gasteiger partial charge in [0.2, 0.25) is 5.91 Å². The van der Waals surface area contributed by atoms with Crippen LogP contribution in [0.5, 0.6) is 0 Å². The minimum Gasteiger partial charge on any atom is -0.338 e. The van der Waals surface area contributed by atoms with Gasteiger partial charge in [-0.05, 0) is 49.9 Å². The van der Waals surface area contributed by atoms with E-state index in [9.17, 15) is 4.79 Å². The van der Waals surface area contributed by atoms with Crippen molar-refractivity contribution in [1.82, 2.24) is 4.90 Å². The summed E-state index contributed by atoms with van der Waals surface area (Å²) in [6, 6.07) is 0.759. The molecule has 3 unspecified atom stereocenters. The number of hydrogen-bond acceptors (Lipinski definition) is 1. The fourth-order valence-electron chi connectivity index (χ4n) is 4.04. The average molecular weight is 267 g/mol. The van der Waals surface area contributed by atoms with Crippen LogP contribution < -0.4 is 0 Å². The molecule has 1 heterocycles. The summed E-state index contributed by atoms with van der Waals surface area (Å²) in [6.45, 7) is 18.0. The molecule has 1 saturated heterocycles. The van der Waals surface area contributed by atoms with Crippen LogP contribution in [0, 0.1) is 23.2 Å². The van der Waals surface area contributed by atoms with E-state index in [1.54, 1.807) is 6.92 Å². The zero-order valence-corrected chi connectivity index (χ0v) is 14.2. The van der Waals surface area contributed by atoms with Crippen LogP contribution in [0.3, 0.4) is 0 Å². The van der Waals surface area contributed by atoms with Crippen molar-refractivity contribution in [2.45, 2.75) is 80.3 Å². The molecular weight excluding hydrogens is 234 g/mol. The third-order valence-electron chi connectivity index (χ3n) is 5.79. The van der Waals surface area contributed by atoms with Crippen LogP contribution in [0.4, 0.5) is 0 Å². The first-order valence-electron chi connectivity index (χ1n) is 7.87. The topological polar surface area (TPSA) is 20.3 Å². The Kier molecular flexibility index (Phi) is 5.08. The summed E-state index contributed by atoms with van der Waals surface area (Å²) in [7, 11) is 0. The van der Waals surface area contributed by atoms with Crippen molar-refractivity contribution in [3.8, 4) is 0 Å². The lowest BCUT2D eigenvalue weighted by atomic mass is 9.62. The number of nitrogens with zero attached hydrogens (tertiary/aromatic N) is 1. The highest BCUT2D eigenvalue weighted by Crippen LogP contribution is 2.46. The monoisotopic (exact) mass is 267 g/mol. The quantitative estimate of drug-likeness (QED) is 0.745. The van der Waals surface area contributed by atoms with E-state index < -0.39 is 0 Å². The average Bonchev–Trinajstić information content (AvgIpc) is 2.26. The van der Waals surface area contributed by atoms with Gasteiger partial charge in [-0.2, -0.15) is 0 Å². The standard InChI is InChI=1S/C17H33NO/c1-11(2)14(5)17(7,8)16-9-12(3)18(15(6)19)13(4)10-16/h11-14,16H,9-10H2,1-8H3. The maximum atomic E-state index is 11.7.